The van der Waals surface area contributed by atoms with Gasteiger partial charge in [-0.2, -0.15) is 0 Å². The van der Waals surface area contributed by atoms with Crippen LogP contribution in [0.25, 0.3) is 0 Å². The van der Waals surface area contributed by atoms with Crippen molar-refractivity contribution in [3.8, 4) is 0 Å². The van der Waals surface area contributed by atoms with Gasteiger partial charge in [0.25, 0.3) is 0 Å². The zero-order valence-electron chi connectivity index (χ0n) is 8.34. The second kappa shape index (κ2) is 5.70. The maximum absolute atomic E-state index is 13.2. The van der Waals surface area contributed by atoms with Gasteiger partial charge in [-0.3, -0.25) is 0 Å². The lowest BCUT2D eigenvalue weighted by atomic mass is 10.0. The number of nitrogens with one attached hydrogen (secondary N) is 1. The first-order chi connectivity index (χ1) is 7.58. The molecule has 1 N–H and O–H groups in total. The third-order valence-electron chi connectivity index (χ3n) is 2.17. The molecular formula is C10H9BF3NO. The van der Waals surface area contributed by atoms with Crippen molar-refractivity contribution in [3.63, 3.8) is 0 Å². The van der Waals surface area contributed by atoms with Gasteiger partial charge in [0.1, 0.15) is 12.1 Å². The molecule has 0 unspecified atom stereocenters. The second-order valence-electron chi connectivity index (χ2n) is 3.33. The Morgan fingerprint density at radius 1 is 1.25 bits per heavy atom. The lowest BCUT2D eigenvalue weighted by Gasteiger charge is -2.14. The Bertz CT molecular complexity index is 387. The van der Waals surface area contributed by atoms with Crippen LogP contribution in [0.15, 0.2) is 12.1 Å². The smallest absolute Gasteiger partial charge is 0.178 e. The van der Waals surface area contributed by atoms with Crippen LogP contribution in [0.2, 0.25) is 0 Å². The van der Waals surface area contributed by atoms with Gasteiger partial charge < -0.3 is 10.0 Å². The van der Waals surface area contributed by atoms with Gasteiger partial charge in [0.15, 0.2) is 19.6 Å². The molecule has 1 aromatic rings. The maximum atomic E-state index is 13.2. The molecule has 0 aromatic heterocycles. The molecule has 0 aliphatic carbocycles. The van der Waals surface area contributed by atoms with E-state index in [1.54, 1.807) is 0 Å². The first kappa shape index (κ1) is 12.8. The van der Waals surface area contributed by atoms with E-state index < -0.39 is 23.5 Å². The number of carbonyl (C=O) groups is 1. The normalized spacial score (nSPS) is 12.4. The van der Waals surface area contributed by atoms with E-state index in [-0.39, 0.29) is 18.4 Å². The van der Waals surface area contributed by atoms with E-state index in [0.717, 1.165) is 6.07 Å². The fourth-order valence-electron chi connectivity index (χ4n) is 1.31. The Labute approximate surface area is 92.3 Å². The highest BCUT2D eigenvalue weighted by Crippen LogP contribution is 2.15. The fraction of sp³-hybridized carbons (Fsp3) is 0.300. The lowest BCUT2D eigenvalue weighted by Crippen LogP contribution is -2.29. The van der Waals surface area contributed by atoms with Gasteiger partial charge in [0.2, 0.25) is 0 Å². The van der Waals surface area contributed by atoms with Crippen LogP contribution >= 0.6 is 0 Å². The molecule has 1 aromatic carbocycles. The fourth-order valence-corrected chi connectivity index (χ4v) is 1.31. The van der Waals surface area contributed by atoms with Crippen molar-refractivity contribution in [2.24, 2.45) is 0 Å². The van der Waals surface area contributed by atoms with E-state index >= 15 is 0 Å². The number of halogens is 3. The molecule has 2 nitrogen and oxygen atoms in total. The molecule has 0 amide bonds. The van der Waals surface area contributed by atoms with Crippen LogP contribution < -0.4 is 5.23 Å². The average molecular weight is 227 g/mol. The van der Waals surface area contributed by atoms with Crippen molar-refractivity contribution in [3.05, 3.63) is 35.1 Å². The van der Waals surface area contributed by atoms with Gasteiger partial charge in [0, 0.05) is 18.5 Å². The molecule has 84 valence electrons. The Morgan fingerprint density at radius 2 is 1.88 bits per heavy atom. The minimum Gasteiger partial charge on any atom is -0.363 e. The number of carbonyl (C=O) groups excluding carboxylic acids is 1. The summed E-state index contributed by atoms with van der Waals surface area (Å²) in [7, 11) is 5.13. The number of hydrogen-bond acceptors (Lipinski definition) is 2. The molecule has 0 heterocycles. The summed E-state index contributed by atoms with van der Waals surface area (Å²) in [4.78, 5) is 10.2. The van der Waals surface area contributed by atoms with E-state index in [0.29, 0.717) is 12.4 Å². The van der Waals surface area contributed by atoms with Crippen LogP contribution in [0, 0.1) is 17.5 Å². The van der Waals surface area contributed by atoms with Crippen molar-refractivity contribution in [2.75, 3.05) is 0 Å². The zero-order chi connectivity index (χ0) is 12.1. The lowest BCUT2D eigenvalue weighted by molar-refractivity contribution is -0.108. The van der Waals surface area contributed by atoms with E-state index in [9.17, 15) is 18.0 Å². The summed E-state index contributed by atoms with van der Waals surface area (Å²) in [6, 6.07) is 0.732. The summed E-state index contributed by atoms with van der Waals surface area (Å²) >= 11 is 0. The van der Waals surface area contributed by atoms with Gasteiger partial charge >= 0.3 is 0 Å². The van der Waals surface area contributed by atoms with Crippen LogP contribution in [-0.4, -0.2) is 20.3 Å². The predicted molar refractivity (Wildman–Crippen MR) is 53.4 cm³/mol. The molecule has 0 aliphatic rings. The van der Waals surface area contributed by atoms with Gasteiger partial charge in [-0.05, 0) is 18.1 Å². The van der Waals surface area contributed by atoms with Gasteiger partial charge in [-0.25, -0.2) is 13.2 Å². The summed E-state index contributed by atoms with van der Waals surface area (Å²) in [5.41, 5.74) is -0.0244. The summed E-state index contributed by atoms with van der Waals surface area (Å²) < 4.78 is 38.7. The first-order valence-electron chi connectivity index (χ1n) is 4.61. The minimum atomic E-state index is -1.24. The predicted octanol–water partition coefficient (Wildman–Crippen LogP) is 1.28. The van der Waals surface area contributed by atoms with Crippen molar-refractivity contribution < 1.29 is 18.0 Å². The molecule has 0 fully saturated rings. The monoisotopic (exact) mass is 227 g/mol. The van der Waals surface area contributed by atoms with Crippen molar-refractivity contribution in [1.82, 2.24) is 5.23 Å². The molecule has 2 radical (unpaired) electrons. The summed E-state index contributed by atoms with van der Waals surface area (Å²) in [6.45, 7) is 0. The van der Waals surface area contributed by atoms with Gasteiger partial charge in [-0.1, -0.05) is 0 Å². The van der Waals surface area contributed by atoms with E-state index in [1.807, 2.05) is 0 Å². The molecule has 6 heteroatoms. The topological polar surface area (TPSA) is 29.1 Å². The number of aldehydes is 1. The Kier molecular flexibility index (Phi) is 4.55. The van der Waals surface area contributed by atoms with E-state index in [2.05, 4.69) is 5.23 Å². The molecule has 0 saturated carbocycles. The molecule has 16 heavy (non-hydrogen) atoms. The van der Waals surface area contributed by atoms with Gasteiger partial charge in [-0.15, -0.1) is 0 Å². The minimum absolute atomic E-state index is 0.0122. The molecule has 0 saturated heterocycles. The van der Waals surface area contributed by atoms with Crippen LogP contribution in [-0.2, 0) is 11.2 Å². The van der Waals surface area contributed by atoms with Gasteiger partial charge in [0.05, 0.1) is 0 Å². The number of rotatable bonds is 5. The summed E-state index contributed by atoms with van der Waals surface area (Å²) in [5, 5.41) is 2.30. The van der Waals surface area contributed by atoms with E-state index in [1.165, 1.54) is 0 Å². The summed E-state index contributed by atoms with van der Waals surface area (Å²) in [5.74, 6) is -3.22. The van der Waals surface area contributed by atoms with Crippen molar-refractivity contribution in [2.45, 2.75) is 18.9 Å². The third-order valence-corrected chi connectivity index (χ3v) is 2.17. The van der Waals surface area contributed by atoms with Crippen LogP contribution in [0.4, 0.5) is 13.2 Å². The highest BCUT2D eigenvalue weighted by molar-refractivity contribution is 6.04. The second-order valence-corrected chi connectivity index (χ2v) is 3.33. The third kappa shape index (κ3) is 3.10. The average Bonchev–Trinajstić information content (AvgIpc) is 2.25. The SMILES string of the molecule is [B]N[C@@H](CC=O)Cc1cc(F)c(F)cc1F. The Morgan fingerprint density at radius 3 is 2.44 bits per heavy atom. The first-order valence-corrected chi connectivity index (χ1v) is 4.61. The van der Waals surface area contributed by atoms with Crippen LogP contribution in [0.3, 0.4) is 0 Å². The molecular weight excluding hydrogens is 218 g/mol. The standard InChI is InChI=1S/C10H9BF3NO/c11-15-7(1-2-16)3-6-4-9(13)10(14)5-8(6)12/h2,4-5,7,15H,1,3H2/t7-/m0/s1. The van der Waals surface area contributed by atoms with E-state index in [4.69, 9.17) is 7.98 Å². The number of benzene rings is 1. The van der Waals surface area contributed by atoms with Crippen molar-refractivity contribution >= 4 is 14.3 Å². The maximum Gasteiger partial charge on any atom is 0.178 e. The molecule has 1 atom stereocenters. The highest BCUT2D eigenvalue weighted by atomic mass is 19.2. The Hall–Kier alpha value is -1.30. The molecule has 1 rings (SSSR count). The van der Waals surface area contributed by atoms with Crippen LogP contribution in [0.1, 0.15) is 12.0 Å². The molecule has 0 bridgehead atoms. The summed E-state index contributed by atoms with van der Waals surface area (Å²) in [6.07, 6.45) is 0.690. The Balaban J connectivity index is 2.87. The van der Waals surface area contributed by atoms with Crippen molar-refractivity contribution in [1.29, 1.82) is 0 Å². The molecule has 0 spiro atoms. The molecule has 0 aliphatic heterocycles. The van der Waals surface area contributed by atoms with Crippen LogP contribution in [0.5, 0.6) is 0 Å². The quantitative estimate of drug-likeness (QED) is 0.466. The largest absolute Gasteiger partial charge is 0.363 e. The number of hydrogen-bond donors (Lipinski definition) is 1. The highest BCUT2D eigenvalue weighted by Gasteiger charge is 2.13. The zero-order valence-corrected chi connectivity index (χ0v) is 8.34.